The average molecular weight is 260 g/mol. The van der Waals surface area contributed by atoms with E-state index in [1.807, 2.05) is 24.6 Å². The molecule has 102 valence electrons. The molecule has 5 heteroatoms. The zero-order valence-electron chi connectivity index (χ0n) is 11.8. The fraction of sp³-hybridized carbons (Fsp3) is 0.500. The Morgan fingerprint density at radius 1 is 1.37 bits per heavy atom. The van der Waals surface area contributed by atoms with Gasteiger partial charge in [0.1, 0.15) is 0 Å². The van der Waals surface area contributed by atoms with Crippen molar-refractivity contribution in [1.82, 2.24) is 14.8 Å². The second-order valence-electron chi connectivity index (χ2n) is 5.12. The molecule has 2 aromatic rings. The van der Waals surface area contributed by atoms with Crippen LogP contribution in [0.5, 0.6) is 0 Å². The Morgan fingerprint density at radius 3 is 2.74 bits per heavy atom. The smallest absolute Gasteiger partial charge is 0.227 e. The topological polar surface area (TPSA) is 59.8 Å². The summed E-state index contributed by atoms with van der Waals surface area (Å²) in [7, 11) is 0. The summed E-state index contributed by atoms with van der Waals surface area (Å²) in [5.41, 5.74) is 1.57. The largest absolute Gasteiger partial charge is 0.324 e. The van der Waals surface area contributed by atoms with Crippen LogP contribution in [0, 0.1) is 5.92 Å². The van der Waals surface area contributed by atoms with E-state index in [9.17, 15) is 4.79 Å². The lowest BCUT2D eigenvalue weighted by Gasteiger charge is -2.10. The van der Waals surface area contributed by atoms with Crippen LogP contribution in [0.4, 0.5) is 5.69 Å². The highest BCUT2D eigenvalue weighted by molar-refractivity contribution is 5.93. The van der Waals surface area contributed by atoms with E-state index < -0.39 is 0 Å². The molecule has 0 aliphatic carbocycles. The summed E-state index contributed by atoms with van der Waals surface area (Å²) >= 11 is 0. The Balaban J connectivity index is 2.25. The number of hydrogen-bond acceptors (Lipinski definition) is 3. The van der Waals surface area contributed by atoms with E-state index in [1.54, 1.807) is 12.4 Å². The summed E-state index contributed by atoms with van der Waals surface area (Å²) in [4.78, 5) is 16.2. The standard InChI is InChI=1S/C14H20N4O/c1-5-10(4)14(19)17-12-6-11-7-16-18(9(2)3)13(11)15-8-12/h6-10H,5H2,1-4H3,(H,17,19). The number of anilines is 1. The van der Waals surface area contributed by atoms with Crippen LogP contribution in [-0.2, 0) is 4.79 Å². The number of pyridine rings is 1. The first-order valence-corrected chi connectivity index (χ1v) is 6.67. The van der Waals surface area contributed by atoms with Gasteiger partial charge in [-0.25, -0.2) is 9.67 Å². The molecule has 1 amide bonds. The van der Waals surface area contributed by atoms with Gasteiger partial charge in [-0.3, -0.25) is 4.79 Å². The third-order valence-corrected chi connectivity index (χ3v) is 3.25. The SMILES string of the molecule is CCC(C)C(=O)Nc1cnc2c(cnn2C(C)C)c1. The zero-order chi connectivity index (χ0) is 14.0. The van der Waals surface area contributed by atoms with Crippen LogP contribution >= 0.6 is 0 Å². The van der Waals surface area contributed by atoms with Gasteiger partial charge in [0, 0.05) is 17.3 Å². The number of fused-ring (bicyclic) bond motifs is 1. The van der Waals surface area contributed by atoms with Crippen molar-refractivity contribution in [3.05, 3.63) is 18.5 Å². The molecule has 0 spiro atoms. The van der Waals surface area contributed by atoms with Crippen molar-refractivity contribution in [2.45, 2.75) is 40.2 Å². The van der Waals surface area contributed by atoms with Crippen LogP contribution in [0.25, 0.3) is 11.0 Å². The molecule has 5 nitrogen and oxygen atoms in total. The van der Waals surface area contributed by atoms with E-state index in [0.717, 1.165) is 23.1 Å². The fourth-order valence-corrected chi connectivity index (χ4v) is 1.84. The Hall–Kier alpha value is -1.91. The van der Waals surface area contributed by atoms with Gasteiger partial charge in [0.15, 0.2) is 5.65 Å². The maximum Gasteiger partial charge on any atom is 0.227 e. The Labute approximate surface area is 113 Å². The van der Waals surface area contributed by atoms with E-state index in [1.165, 1.54) is 0 Å². The normalized spacial score (nSPS) is 12.9. The van der Waals surface area contributed by atoms with Crippen molar-refractivity contribution in [1.29, 1.82) is 0 Å². The predicted molar refractivity (Wildman–Crippen MR) is 76.0 cm³/mol. The molecular formula is C14H20N4O. The maximum absolute atomic E-state index is 11.8. The van der Waals surface area contributed by atoms with Gasteiger partial charge >= 0.3 is 0 Å². The first-order valence-electron chi connectivity index (χ1n) is 6.67. The minimum atomic E-state index is 0.00841. The highest BCUT2D eigenvalue weighted by atomic mass is 16.1. The zero-order valence-corrected chi connectivity index (χ0v) is 11.8. The Bertz CT molecular complexity index is 588. The molecule has 0 saturated carbocycles. The summed E-state index contributed by atoms with van der Waals surface area (Å²) in [6, 6.07) is 2.18. The second-order valence-corrected chi connectivity index (χ2v) is 5.12. The van der Waals surface area contributed by atoms with Gasteiger partial charge in [0.2, 0.25) is 5.91 Å². The highest BCUT2D eigenvalue weighted by Gasteiger charge is 2.12. The van der Waals surface area contributed by atoms with E-state index in [2.05, 4.69) is 29.2 Å². The number of aromatic nitrogens is 3. The van der Waals surface area contributed by atoms with Gasteiger partial charge < -0.3 is 5.32 Å². The van der Waals surface area contributed by atoms with E-state index in [-0.39, 0.29) is 17.9 Å². The molecular weight excluding hydrogens is 240 g/mol. The van der Waals surface area contributed by atoms with Gasteiger partial charge in [-0.05, 0) is 26.3 Å². The molecule has 0 saturated heterocycles. The number of rotatable bonds is 4. The molecule has 19 heavy (non-hydrogen) atoms. The van der Waals surface area contributed by atoms with Crippen molar-refractivity contribution in [3.63, 3.8) is 0 Å². The Morgan fingerprint density at radius 2 is 2.11 bits per heavy atom. The first kappa shape index (κ1) is 13.5. The van der Waals surface area contributed by atoms with Gasteiger partial charge in [-0.1, -0.05) is 13.8 Å². The minimum absolute atomic E-state index is 0.00841. The Kier molecular flexibility index (Phi) is 3.83. The fourth-order valence-electron chi connectivity index (χ4n) is 1.84. The molecule has 1 unspecified atom stereocenters. The lowest BCUT2D eigenvalue weighted by molar-refractivity contribution is -0.119. The molecule has 0 radical (unpaired) electrons. The molecule has 0 aliphatic heterocycles. The molecule has 0 aliphatic rings. The lowest BCUT2D eigenvalue weighted by atomic mass is 10.1. The van der Waals surface area contributed by atoms with Crippen molar-refractivity contribution in [2.24, 2.45) is 5.92 Å². The van der Waals surface area contributed by atoms with Crippen LogP contribution in [0.15, 0.2) is 18.5 Å². The van der Waals surface area contributed by atoms with Gasteiger partial charge in [0.05, 0.1) is 18.1 Å². The monoisotopic (exact) mass is 260 g/mol. The molecule has 0 aromatic carbocycles. The van der Waals surface area contributed by atoms with Crippen LogP contribution in [0.1, 0.15) is 40.2 Å². The van der Waals surface area contributed by atoms with Crippen LogP contribution in [0.3, 0.4) is 0 Å². The van der Waals surface area contributed by atoms with E-state index in [0.29, 0.717) is 0 Å². The number of amides is 1. The van der Waals surface area contributed by atoms with Crippen LogP contribution < -0.4 is 5.32 Å². The average Bonchev–Trinajstić information content (AvgIpc) is 2.80. The molecule has 2 rings (SSSR count). The summed E-state index contributed by atoms with van der Waals surface area (Å²) in [6.07, 6.45) is 4.29. The minimum Gasteiger partial charge on any atom is -0.324 e. The first-order chi connectivity index (χ1) is 9.02. The van der Waals surface area contributed by atoms with E-state index >= 15 is 0 Å². The highest BCUT2D eigenvalue weighted by Crippen LogP contribution is 2.19. The van der Waals surface area contributed by atoms with Crippen LogP contribution in [-0.4, -0.2) is 20.7 Å². The van der Waals surface area contributed by atoms with Crippen molar-refractivity contribution < 1.29 is 4.79 Å². The summed E-state index contributed by atoms with van der Waals surface area (Å²) in [5, 5.41) is 8.13. The molecule has 0 bridgehead atoms. The lowest BCUT2D eigenvalue weighted by Crippen LogP contribution is -2.19. The summed E-state index contributed by atoms with van der Waals surface area (Å²) < 4.78 is 1.87. The number of carbonyl (C=O) groups is 1. The third kappa shape index (κ3) is 2.75. The van der Waals surface area contributed by atoms with Crippen molar-refractivity contribution in [3.8, 4) is 0 Å². The number of nitrogens with zero attached hydrogens (tertiary/aromatic N) is 3. The van der Waals surface area contributed by atoms with Gasteiger partial charge in [-0.2, -0.15) is 5.10 Å². The van der Waals surface area contributed by atoms with Crippen LogP contribution in [0.2, 0.25) is 0 Å². The number of hydrogen-bond donors (Lipinski definition) is 1. The third-order valence-electron chi connectivity index (χ3n) is 3.25. The van der Waals surface area contributed by atoms with Crippen molar-refractivity contribution in [2.75, 3.05) is 5.32 Å². The number of carbonyl (C=O) groups excluding carboxylic acids is 1. The molecule has 1 N–H and O–H groups in total. The van der Waals surface area contributed by atoms with Gasteiger partial charge in [0.25, 0.3) is 0 Å². The maximum atomic E-state index is 11.8. The molecule has 2 heterocycles. The molecule has 2 aromatic heterocycles. The van der Waals surface area contributed by atoms with Gasteiger partial charge in [-0.15, -0.1) is 0 Å². The summed E-state index contributed by atoms with van der Waals surface area (Å²) in [6.45, 7) is 8.04. The second kappa shape index (κ2) is 5.38. The van der Waals surface area contributed by atoms with E-state index in [4.69, 9.17) is 0 Å². The van der Waals surface area contributed by atoms with Crippen molar-refractivity contribution >= 4 is 22.6 Å². The molecule has 0 fully saturated rings. The molecule has 1 atom stereocenters. The quantitative estimate of drug-likeness (QED) is 0.919. The number of nitrogens with one attached hydrogen (secondary N) is 1. The predicted octanol–water partition coefficient (Wildman–Crippen LogP) is 3.00. The summed E-state index contributed by atoms with van der Waals surface area (Å²) in [5.74, 6) is 0.0361.